The van der Waals surface area contributed by atoms with Gasteiger partial charge in [0.1, 0.15) is 0 Å². The molecule has 0 bridgehead atoms. The van der Waals surface area contributed by atoms with Gasteiger partial charge in [-0.05, 0) is 24.1 Å². The van der Waals surface area contributed by atoms with Gasteiger partial charge in [0.2, 0.25) is 0 Å². The van der Waals surface area contributed by atoms with E-state index in [1.807, 2.05) is 18.2 Å². The molecule has 1 aromatic carbocycles. The van der Waals surface area contributed by atoms with E-state index in [0.29, 0.717) is 0 Å². The minimum absolute atomic E-state index is 0.257. The van der Waals surface area contributed by atoms with E-state index >= 15 is 0 Å². The molecular formula is C15H20N2O2. The maximum absolute atomic E-state index is 8.91. The highest BCUT2D eigenvalue weighted by molar-refractivity contribution is 5.32. The number of ether oxygens (including phenoxy) is 2. The SMILES string of the molecule is COCCC1CN(Cc2cccc(C#N)c2)CCO1. The lowest BCUT2D eigenvalue weighted by atomic mass is 10.1. The zero-order valence-electron chi connectivity index (χ0n) is 11.3. The highest BCUT2D eigenvalue weighted by Gasteiger charge is 2.20. The van der Waals surface area contributed by atoms with Gasteiger partial charge in [-0.25, -0.2) is 0 Å². The topological polar surface area (TPSA) is 45.5 Å². The summed E-state index contributed by atoms with van der Waals surface area (Å²) in [6.45, 7) is 4.26. The van der Waals surface area contributed by atoms with Crippen LogP contribution in [-0.4, -0.2) is 44.4 Å². The lowest BCUT2D eigenvalue weighted by Gasteiger charge is -2.32. The van der Waals surface area contributed by atoms with Crippen LogP contribution in [0.1, 0.15) is 17.5 Å². The summed E-state index contributed by atoms with van der Waals surface area (Å²) in [7, 11) is 1.72. The van der Waals surface area contributed by atoms with Crippen LogP contribution in [0.3, 0.4) is 0 Å². The standard InChI is InChI=1S/C15H20N2O2/c1-18-7-5-15-12-17(6-8-19-15)11-14-4-2-3-13(9-14)10-16/h2-4,9,15H,5-8,11-12H2,1H3. The fourth-order valence-corrected chi connectivity index (χ4v) is 2.35. The van der Waals surface area contributed by atoms with Gasteiger partial charge < -0.3 is 9.47 Å². The molecule has 4 nitrogen and oxygen atoms in total. The summed E-state index contributed by atoms with van der Waals surface area (Å²) in [5.41, 5.74) is 1.91. The van der Waals surface area contributed by atoms with Crippen molar-refractivity contribution in [2.75, 3.05) is 33.4 Å². The van der Waals surface area contributed by atoms with E-state index in [2.05, 4.69) is 17.0 Å². The molecule has 1 aliphatic rings. The summed E-state index contributed by atoms with van der Waals surface area (Å²) in [6, 6.07) is 9.99. The van der Waals surface area contributed by atoms with Gasteiger partial charge >= 0.3 is 0 Å². The fraction of sp³-hybridized carbons (Fsp3) is 0.533. The summed E-state index contributed by atoms with van der Waals surface area (Å²) in [5, 5.41) is 8.91. The van der Waals surface area contributed by atoms with Crippen LogP contribution in [0.5, 0.6) is 0 Å². The largest absolute Gasteiger partial charge is 0.385 e. The summed E-state index contributed by atoms with van der Waals surface area (Å²) in [4.78, 5) is 2.38. The normalized spacial score (nSPS) is 20.1. The van der Waals surface area contributed by atoms with Crippen molar-refractivity contribution in [1.82, 2.24) is 4.90 Å². The Balaban J connectivity index is 1.89. The Hall–Kier alpha value is -1.41. The molecular weight excluding hydrogens is 240 g/mol. The number of morpholine rings is 1. The van der Waals surface area contributed by atoms with Gasteiger partial charge in [-0.3, -0.25) is 4.90 Å². The maximum atomic E-state index is 8.91. The van der Waals surface area contributed by atoms with Crippen LogP contribution in [0.4, 0.5) is 0 Å². The monoisotopic (exact) mass is 260 g/mol. The molecule has 4 heteroatoms. The molecule has 0 amide bonds. The molecule has 0 aliphatic carbocycles. The zero-order chi connectivity index (χ0) is 13.5. The zero-order valence-corrected chi connectivity index (χ0v) is 11.3. The third kappa shape index (κ3) is 4.32. The van der Waals surface area contributed by atoms with E-state index in [1.54, 1.807) is 7.11 Å². The molecule has 1 unspecified atom stereocenters. The molecule has 1 heterocycles. The maximum Gasteiger partial charge on any atom is 0.0991 e. The first kappa shape index (κ1) is 14.0. The Morgan fingerprint density at radius 3 is 3.21 bits per heavy atom. The fourth-order valence-electron chi connectivity index (χ4n) is 2.35. The number of hydrogen-bond donors (Lipinski definition) is 0. The Labute approximate surface area is 114 Å². The number of rotatable bonds is 5. The van der Waals surface area contributed by atoms with E-state index in [-0.39, 0.29) is 6.10 Å². The van der Waals surface area contributed by atoms with E-state index in [1.165, 1.54) is 5.56 Å². The van der Waals surface area contributed by atoms with Crippen LogP contribution in [0, 0.1) is 11.3 Å². The average molecular weight is 260 g/mol. The predicted octanol–water partition coefficient (Wildman–Crippen LogP) is 1.80. The molecule has 19 heavy (non-hydrogen) atoms. The van der Waals surface area contributed by atoms with Crippen molar-refractivity contribution >= 4 is 0 Å². The molecule has 0 aromatic heterocycles. The second-order valence-electron chi connectivity index (χ2n) is 4.82. The van der Waals surface area contributed by atoms with Gasteiger partial charge in [0.05, 0.1) is 24.3 Å². The molecule has 0 saturated carbocycles. The average Bonchev–Trinajstić information content (AvgIpc) is 2.46. The second-order valence-corrected chi connectivity index (χ2v) is 4.82. The molecule has 1 aliphatic heterocycles. The van der Waals surface area contributed by atoms with Crippen LogP contribution >= 0.6 is 0 Å². The first-order valence-electron chi connectivity index (χ1n) is 6.64. The van der Waals surface area contributed by atoms with Crippen LogP contribution in [0.25, 0.3) is 0 Å². The lowest BCUT2D eigenvalue weighted by molar-refractivity contribution is -0.0432. The first-order chi connectivity index (χ1) is 9.31. The molecule has 1 saturated heterocycles. The molecule has 1 aromatic rings. The molecule has 2 rings (SSSR count). The quantitative estimate of drug-likeness (QED) is 0.810. The van der Waals surface area contributed by atoms with Gasteiger partial charge in [-0.1, -0.05) is 12.1 Å². The van der Waals surface area contributed by atoms with E-state index in [4.69, 9.17) is 14.7 Å². The summed E-state index contributed by atoms with van der Waals surface area (Å²) >= 11 is 0. The summed E-state index contributed by atoms with van der Waals surface area (Å²) < 4.78 is 10.8. The minimum Gasteiger partial charge on any atom is -0.385 e. The van der Waals surface area contributed by atoms with Crippen LogP contribution in [0.15, 0.2) is 24.3 Å². The lowest BCUT2D eigenvalue weighted by Crippen LogP contribution is -2.42. The van der Waals surface area contributed by atoms with Gasteiger partial charge in [0, 0.05) is 33.4 Å². The van der Waals surface area contributed by atoms with Crippen LogP contribution < -0.4 is 0 Å². The number of benzene rings is 1. The molecule has 1 fully saturated rings. The first-order valence-corrected chi connectivity index (χ1v) is 6.64. The van der Waals surface area contributed by atoms with E-state index in [0.717, 1.165) is 44.8 Å². The van der Waals surface area contributed by atoms with Gasteiger partial charge in [-0.2, -0.15) is 5.26 Å². The van der Waals surface area contributed by atoms with Crippen molar-refractivity contribution in [1.29, 1.82) is 5.26 Å². The third-order valence-electron chi connectivity index (χ3n) is 3.33. The predicted molar refractivity (Wildman–Crippen MR) is 72.7 cm³/mol. The highest BCUT2D eigenvalue weighted by atomic mass is 16.5. The van der Waals surface area contributed by atoms with Gasteiger partial charge in [0.25, 0.3) is 0 Å². The molecule has 0 spiro atoms. The molecule has 102 valence electrons. The van der Waals surface area contributed by atoms with Crippen LogP contribution in [0.2, 0.25) is 0 Å². The summed E-state index contributed by atoms with van der Waals surface area (Å²) in [6.07, 6.45) is 1.19. The number of nitriles is 1. The minimum atomic E-state index is 0.257. The Kier molecular flexibility index (Phi) is 5.34. The third-order valence-corrected chi connectivity index (χ3v) is 3.33. The van der Waals surface area contributed by atoms with Crippen molar-refractivity contribution in [3.63, 3.8) is 0 Å². The van der Waals surface area contributed by atoms with Crippen LogP contribution in [-0.2, 0) is 16.0 Å². The van der Waals surface area contributed by atoms with Gasteiger partial charge in [-0.15, -0.1) is 0 Å². The summed E-state index contributed by atoms with van der Waals surface area (Å²) in [5.74, 6) is 0. The second kappa shape index (κ2) is 7.25. The Morgan fingerprint density at radius 1 is 1.53 bits per heavy atom. The van der Waals surface area contributed by atoms with Crippen molar-refractivity contribution in [3.8, 4) is 6.07 Å². The highest BCUT2D eigenvalue weighted by Crippen LogP contribution is 2.13. The Bertz CT molecular complexity index is 442. The molecule has 1 atom stereocenters. The van der Waals surface area contributed by atoms with Crippen molar-refractivity contribution < 1.29 is 9.47 Å². The number of methoxy groups -OCH3 is 1. The van der Waals surface area contributed by atoms with E-state index < -0.39 is 0 Å². The Morgan fingerprint density at radius 2 is 2.42 bits per heavy atom. The van der Waals surface area contributed by atoms with E-state index in [9.17, 15) is 0 Å². The van der Waals surface area contributed by atoms with Gasteiger partial charge in [0.15, 0.2) is 0 Å². The molecule has 0 N–H and O–H groups in total. The van der Waals surface area contributed by atoms with Crippen molar-refractivity contribution in [2.45, 2.75) is 19.1 Å². The van der Waals surface area contributed by atoms with Crippen molar-refractivity contribution in [3.05, 3.63) is 35.4 Å². The smallest absolute Gasteiger partial charge is 0.0991 e. The number of nitrogens with zero attached hydrogens (tertiary/aromatic N) is 2. The van der Waals surface area contributed by atoms with Crippen molar-refractivity contribution in [2.24, 2.45) is 0 Å². The number of hydrogen-bond acceptors (Lipinski definition) is 4. The molecule has 0 radical (unpaired) electrons.